The normalized spacial score (nSPS) is 11.6. The highest BCUT2D eigenvalue weighted by molar-refractivity contribution is 6.31. The molecule has 1 aromatic heterocycles. The van der Waals surface area contributed by atoms with E-state index in [0.29, 0.717) is 27.4 Å². The lowest BCUT2D eigenvalue weighted by Gasteiger charge is -2.21. The highest BCUT2D eigenvalue weighted by Crippen LogP contribution is 2.34. The van der Waals surface area contributed by atoms with Crippen molar-refractivity contribution in [2.75, 3.05) is 26.1 Å². The first-order valence-electron chi connectivity index (χ1n) is 11.5. The van der Waals surface area contributed by atoms with Crippen LogP contribution in [0.4, 0.5) is 5.69 Å². The van der Waals surface area contributed by atoms with E-state index in [4.69, 9.17) is 26.2 Å². The van der Waals surface area contributed by atoms with Crippen molar-refractivity contribution < 1.29 is 29.0 Å². The van der Waals surface area contributed by atoms with E-state index in [1.165, 1.54) is 55.3 Å². The summed E-state index contributed by atoms with van der Waals surface area (Å²) in [6.45, 7) is 1.93. The topological polar surface area (TPSA) is 124 Å². The first kappa shape index (κ1) is 27.6. The van der Waals surface area contributed by atoms with Crippen molar-refractivity contribution in [3.63, 3.8) is 0 Å². The SMILES string of the molecule is CCC(=O)c1ccc(Cl)cc1-c1cc(=O)n(C(CCOC)C(=O)Nc2ccc(C(=O)O)cc2)cc1OC. The largest absolute Gasteiger partial charge is 0.495 e. The molecule has 0 aliphatic rings. The van der Waals surface area contributed by atoms with Crippen LogP contribution in [0, 0.1) is 0 Å². The van der Waals surface area contributed by atoms with Crippen LogP contribution in [0.2, 0.25) is 5.02 Å². The van der Waals surface area contributed by atoms with Crippen molar-refractivity contribution >= 4 is 34.9 Å². The molecule has 9 nitrogen and oxygen atoms in total. The maximum absolute atomic E-state index is 13.3. The summed E-state index contributed by atoms with van der Waals surface area (Å²) in [4.78, 5) is 50.2. The van der Waals surface area contributed by atoms with Crippen molar-refractivity contribution in [3.05, 3.63) is 81.2 Å². The van der Waals surface area contributed by atoms with Crippen molar-refractivity contribution in [2.45, 2.75) is 25.8 Å². The Hall–Kier alpha value is -3.95. The van der Waals surface area contributed by atoms with Gasteiger partial charge in [0.25, 0.3) is 5.56 Å². The van der Waals surface area contributed by atoms with E-state index >= 15 is 0 Å². The van der Waals surface area contributed by atoms with Gasteiger partial charge in [0.1, 0.15) is 11.8 Å². The second kappa shape index (κ2) is 12.3. The van der Waals surface area contributed by atoms with E-state index in [2.05, 4.69) is 5.32 Å². The predicted molar refractivity (Wildman–Crippen MR) is 140 cm³/mol. The number of carbonyl (C=O) groups excluding carboxylic acids is 2. The number of nitrogens with zero attached hydrogens (tertiary/aromatic N) is 1. The number of ether oxygens (including phenoxy) is 2. The summed E-state index contributed by atoms with van der Waals surface area (Å²) in [6, 6.07) is 10.8. The van der Waals surface area contributed by atoms with Crippen LogP contribution in [0.15, 0.2) is 59.5 Å². The van der Waals surface area contributed by atoms with Gasteiger partial charge in [-0.15, -0.1) is 0 Å². The van der Waals surface area contributed by atoms with E-state index in [-0.39, 0.29) is 36.5 Å². The van der Waals surface area contributed by atoms with Gasteiger partial charge in [-0.2, -0.15) is 0 Å². The second-order valence-electron chi connectivity index (χ2n) is 8.14. The molecular formula is C27H27ClN2O7. The molecule has 2 N–H and O–H groups in total. The number of pyridine rings is 1. The fraction of sp³-hybridized carbons (Fsp3) is 0.259. The maximum atomic E-state index is 13.3. The van der Waals surface area contributed by atoms with Crippen molar-refractivity contribution in [3.8, 4) is 16.9 Å². The summed E-state index contributed by atoms with van der Waals surface area (Å²) in [6.07, 6.45) is 1.86. The number of amides is 1. The Morgan fingerprint density at radius 3 is 2.35 bits per heavy atom. The van der Waals surface area contributed by atoms with Gasteiger partial charge in [0.05, 0.1) is 18.9 Å². The minimum atomic E-state index is -1.09. The van der Waals surface area contributed by atoms with Crippen molar-refractivity contribution in [2.24, 2.45) is 0 Å². The number of carboxylic acid groups (broad SMARTS) is 1. The zero-order valence-electron chi connectivity index (χ0n) is 20.6. The summed E-state index contributed by atoms with van der Waals surface area (Å²) >= 11 is 6.20. The Bertz CT molecular complexity index is 1370. The number of benzene rings is 2. The molecule has 1 heterocycles. The lowest BCUT2D eigenvalue weighted by Crippen LogP contribution is -2.34. The molecule has 0 bridgehead atoms. The number of rotatable bonds is 11. The van der Waals surface area contributed by atoms with E-state index < -0.39 is 23.5 Å². The molecule has 0 radical (unpaired) electrons. The molecule has 194 valence electrons. The molecule has 3 aromatic rings. The molecule has 0 spiro atoms. The molecule has 2 aromatic carbocycles. The Kier molecular flexibility index (Phi) is 9.21. The Morgan fingerprint density at radius 2 is 1.76 bits per heavy atom. The third kappa shape index (κ3) is 6.44. The Balaban J connectivity index is 2.05. The van der Waals surface area contributed by atoms with Gasteiger partial charge in [-0.1, -0.05) is 18.5 Å². The lowest BCUT2D eigenvalue weighted by atomic mass is 9.96. The van der Waals surface area contributed by atoms with Crippen LogP contribution in [0.3, 0.4) is 0 Å². The molecule has 0 fully saturated rings. The van der Waals surface area contributed by atoms with Gasteiger partial charge < -0.3 is 19.9 Å². The number of ketones is 1. The first-order valence-corrected chi connectivity index (χ1v) is 11.8. The molecule has 1 atom stereocenters. The summed E-state index contributed by atoms with van der Waals surface area (Å²) in [5.74, 6) is -1.43. The van der Waals surface area contributed by atoms with Crippen LogP contribution in [0.25, 0.3) is 11.1 Å². The molecule has 0 aliphatic carbocycles. The molecule has 0 saturated heterocycles. The van der Waals surface area contributed by atoms with Crippen molar-refractivity contribution in [1.29, 1.82) is 0 Å². The number of Topliss-reactive ketones (excluding diaryl/α,β-unsaturated/α-hetero) is 1. The van der Waals surface area contributed by atoms with E-state index in [1.54, 1.807) is 25.1 Å². The summed E-state index contributed by atoms with van der Waals surface area (Å²) in [5, 5.41) is 12.2. The Labute approximate surface area is 218 Å². The molecular weight excluding hydrogens is 500 g/mol. The first-order chi connectivity index (χ1) is 17.7. The number of halogens is 1. The lowest BCUT2D eigenvalue weighted by molar-refractivity contribution is -0.119. The minimum Gasteiger partial charge on any atom is -0.495 e. The predicted octanol–water partition coefficient (Wildman–Crippen LogP) is 4.68. The number of hydrogen-bond acceptors (Lipinski definition) is 6. The average Bonchev–Trinajstić information content (AvgIpc) is 2.89. The van der Waals surface area contributed by atoms with Gasteiger partial charge in [-0.25, -0.2) is 4.79 Å². The average molecular weight is 527 g/mol. The van der Waals surface area contributed by atoms with Crippen LogP contribution in [-0.2, 0) is 9.53 Å². The van der Waals surface area contributed by atoms with Crippen LogP contribution in [0.5, 0.6) is 5.75 Å². The number of aromatic nitrogens is 1. The van der Waals surface area contributed by atoms with E-state index in [1.807, 2.05) is 0 Å². The number of aromatic carboxylic acids is 1. The number of carbonyl (C=O) groups is 3. The highest BCUT2D eigenvalue weighted by atomic mass is 35.5. The van der Waals surface area contributed by atoms with Gasteiger partial charge >= 0.3 is 5.97 Å². The quantitative estimate of drug-likeness (QED) is 0.347. The van der Waals surface area contributed by atoms with Crippen LogP contribution in [-0.4, -0.2) is 48.2 Å². The van der Waals surface area contributed by atoms with Gasteiger partial charge in [0.15, 0.2) is 5.78 Å². The molecule has 3 rings (SSSR count). The van der Waals surface area contributed by atoms with Gasteiger partial charge in [-0.3, -0.25) is 19.0 Å². The number of methoxy groups -OCH3 is 2. The number of carboxylic acids is 1. The highest BCUT2D eigenvalue weighted by Gasteiger charge is 2.25. The summed E-state index contributed by atoms with van der Waals surface area (Å²) in [7, 11) is 2.91. The molecule has 10 heteroatoms. The molecule has 37 heavy (non-hydrogen) atoms. The van der Waals surface area contributed by atoms with Gasteiger partial charge in [0.2, 0.25) is 5.91 Å². The van der Waals surface area contributed by atoms with E-state index in [9.17, 15) is 19.2 Å². The maximum Gasteiger partial charge on any atom is 0.335 e. The summed E-state index contributed by atoms with van der Waals surface area (Å²) < 4.78 is 12.0. The third-order valence-electron chi connectivity index (χ3n) is 5.79. The Morgan fingerprint density at radius 1 is 1.05 bits per heavy atom. The van der Waals surface area contributed by atoms with Gasteiger partial charge in [0, 0.05) is 54.5 Å². The fourth-order valence-corrected chi connectivity index (χ4v) is 4.04. The zero-order chi connectivity index (χ0) is 27.1. The van der Waals surface area contributed by atoms with Crippen LogP contribution in [0.1, 0.15) is 46.5 Å². The second-order valence-corrected chi connectivity index (χ2v) is 8.57. The summed E-state index contributed by atoms with van der Waals surface area (Å²) in [5.41, 5.74) is 1.18. The monoisotopic (exact) mass is 526 g/mol. The molecule has 0 saturated carbocycles. The molecule has 0 aliphatic heterocycles. The zero-order valence-corrected chi connectivity index (χ0v) is 21.4. The van der Waals surface area contributed by atoms with Gasteiger partial charge in [-0.05, 0) is 48.0 Å². The van der Waals surface area contributed by atoms with Crippen LogP contribution >= 0.6 is 11.6 Å². The minimum absolute atomic E-state index is 0.0763. The number of nitrogens with one attached hydrogen (secondary N) is 1. The third-order valence-corrected chi connectivity index (χ3v) is 6.03. The molecule has 1 amide bonds. The fourth-order valence-electron chi connectivity index (χ4n) is 3.87. The number of hydrogen-bond donors (Lipinski definition) is 2. The van der Waals surface area contributed by atoms with E-state index in [0.717, 1.165) is 0 Å². The van der Waals surface area contributed by atoms with Crippen LogP contribution < -0.4 is 15.6 Å². The smallest absolute Gasteiger partial charge is 0.335 e. The van der Waals surface area contributed by atoms with Crippen molar-refractivity contribution in [1.82, 2.24) is 4.57 Å². The number of anilines is 1. The molecule has 1 unspecified atom stereocenters. The standard InChI is InChI=1S/C27H27ClN2O7/c1-4-23(31)19-10-7-17(28)13-20(19)21-14-25(32)30(15-24(21)37-3)22(11-12-36-2)26(33)29-18-8-5-16(6-9-18)27(34)35/h5-10,13-15,22H,4,11-12H2,1-3H3,(H,29,33)(H,34,35).